The van der Waals surface area contributed by atoms with Gasteiger partial charge in [-0.05, 0) is 55.1 Å². The molecule has 0 saturated heterocycles. The summed E-state index contributed by atoms with van der Waals surface area (Å²) in [5.74, 6) is 1.08. The van der Waals surface area contributed by atoms with Gasteiger partial charge in [0.15, 0.2) is 0 Å². The van der Waals surface area contributed by atoms with Crippen molar-refractivity contribution in [2.45, 2.75) is 33.1 Å². The zero-order valence-corrected chi connectivity index (χ0v) is 12.2. The fourth-order valence-electron chi connectivity index (χ4n) is 2.57. The van der Waals surface area contributed by atoms with Crippen molar-refractivity contribution < 1.29 is 4.74 Å². The molecule has 3 heteroatoms. The number of aryl methyl sites for hydroxylation is 1. The Balaban J connectivity index is 2.10. The van der Waals surface area contributed by atoms with Crippen LogP contribution in [0.5, 0.6) is 5.75 Å². The highest BCUT2D eigenvalue weighted by Gasteiger charge is 2.21. The van der Waals surface area contributed by atoms with Gasteiger partial charge in [-0.25, -0.2) is 0 Å². The van der Waals surface area contributed by atoms with Crippen LogP contribution < -0.4 is 10.1 Å². The second-order valence-corrected chi connectivity index (χ2v) is 6.28. The molecule has 100 valence electrons. The quantitative estimate of drug-likeness (QED) is 0.882. The number of nitrogens with one attached hydrogen (secondary N) is 1. The van der Waals surface area contributed by atoms with Crippen molar-refractivity contribution in [3.63, 3.8) is 0 Å². The highest BCUT2D eigenvalue weighted by Crippen LogP contribution is 2.35. The molecule has 1 aromatic carbocycles. The van der Waals surface area contributed by atoms with Gasteiger partial charge in [0.05, 0.1) is 6.61 Å². The molecular weight excluding hydrogens is 246 g/mol. The molecule has 0 aromatic heterocycles. The summed E-state index contributed by atoms with van der Waals surface area (Å²) in [4.78, 5) is 0. The Morgan fingerprint density at radius 1 is 1.39 bits per heavy atom. The average Bonchev–Trinajstić information content (AvgIpc) is 2.73. The first-order valence-corrected chi connectivity index (χ1v) is 6.98. The molecule has 0 aliphatic carbocycles. The third-order valence-electron chi connectivity index (χ3n) is 3.55. The van der Waals surface area contributed by atoms with Crippen LogP contribution in [0.15, 0.2) is 12.1 Å². The number of hydrogen-bond donors (Lipinski definition) is 1. The lowest BCUT2D eigenvalue weighted by Gasteiger charge is -2.24. The molecule has 0 amide bonds. The van der Waals surface area contributed by atoms with E-state index in [0.29, 0.717) is 5.41 Å². The van der Waals surface area contributed by atoms with E-state index in [1.807, 2.05) is 13.1 Å². The van der Waals surface area contributed by atoms with Crippen molar-refractivity contribution in [2.24, 2.45) is 5.41 Å². The maximum Gasteiger partial charge on any atom is 0.125 e. The molecule has 1 aliphatic rings. The van der Waals surface area contributed by atoms with Crippen LogP contribution in [-0.2, 0) is 12.8 Å². The van der Waals surface area contributed by atoms with Crippen molar-refractivity contribution in [1.29, 1.82) is 0 Å². The Labute approximate surface area is 115 Å². The molecule has 0 spiro atoms. The first-order valence-electron chi connectivity index (χ1n) is 6.60. The highest BCUT2D eigenvalue weighted by molar-refractivity contribution is 6.30. The highest BCUT2D eigenvalue weighted by atomic mass is 35.5. The van der Waals surface area contributed by atoms with Gasteiger partial charge in [-0.2, -0.15) is 0 Å². The standard InChI is InChI=1S/C15H22ClNO/c1-15(2,10-17-3)6-4-11-8-13(16)9-12-5-7-18-14(11)12/h8-9,17H,4-7,10H2,1-3H3. The summed E-state index contributed by atoms with van der Waals surface area (Å²) in [6, 6.07) is 4.09. The van der Waals surface area contributed by atoms with Gasteiger partial charge in [-0.3, -0.25) is 0 Å². The van der Waals surface area contributed by atoms with Gasteiger partial charge in [0.25, 0.3) is 0 Å². The molecule has 1 N–H and O–H groups in total. The minimum absolute atomic E-state index is 0.294. The number of fused-ring (bicyclic) bond motifs is 1. The molecular formula is C15H22ClNO. The molecule has 1 heterocycles. The van der Waals surface area contributed by atoms with E-state index in [2.05, 4.69) is 25.2 Å². The van der Waals surface area contributed by atoms with E-state index in [4.69, 9.17) is 16.3 Å². The Kier molecular flexibility index (Phi) is 4.18. The predicted octanol–water partition coefficient (Wildman–Crippen LogP) is 3.45. The van der Waals surface area contributed by atoms with Crippen LogP contribution in [0.2, 0.25) is 5.02 Å². The molecule has 0 atom stereocenters. The molecule has 0 saturated carbocycles. The van der Waals surface area contributed by atoms with Gasteiger partial charge in [-0.1, -0.05) is 25.4 Å². The lowest BCUT2D eigenvalue weighted by Crippen LogP contribution is -2.27. The number of benzene rings is 1. The van der Waals surface area contributed by atoms with Crippen LogP contribution in [0, 0.1) is 5.41 Å². The lowest BCUT2D eigenvalue weighted by atomic mass is 9.86. The van der Waals surface area contributed by atoms with Crippen LogP contribution in [-0.4, -0.2) is 20.2 Å². The van der Waals surface area contributed by atoms with Gasteiger partial charge in [-0.15, -0.1) is 0 Å². The SMILES string of the molecule is CNCC(C)(C)CCc1cc(Cl)cc2c1OCC2. The van der Waals surface area contributed by atoms with E-state index in [9.17, 15) is 0 Å². The molecule has 18 heavy (non-hydrogen) atoms. The van der Waals surface area contributed by atoms with E-state index in [-0.39, 0.29) is 0 Å². The van der Waals surface area contributed by atoms with Crippen LogP contribution >= 0.6 is 11.6 Å². The summed E-state index contributed by atoms with van der Waals surface area (Å²) in [5, 5.41) is 4.08. The third kappa shape index (κ3) is 3.18. The van der Waals surface area contributed by atoms with Gasteiger partial charge in [0.2, 0.25) is 0 Å². The molecule has 0 fully saturated rings. The molecule has 0 radical (unpaired) electrons. The summed E-state index contributed by atoms with van der Waals surface area (Å²) < 4.78 is 5.74. The maximum absolute atomic E-state index is 6.17. The Bertz CT molecular complexity index is 429. The van der Waals surface area contributed by atoms with Crippen LogP contribution in [0.4, 0.5) is 0 Å². The Morgan fingerprint density at radius 2 is 2.17 bits per heavy atom. The van der Waals surface area contributed by atoms with E-state index in [0.717, 1.165) is 43.2 Å². The summed E-state index contributed by atoms with van der Waals surface area (Å²) in [7, 11) is 2.00. The minimum atomic E-state index is 0.294. The average molecular weight is 268 g/mol. The normalized spacial score (nSPS) is 14.4. The van der Waals surface area contributed by atoms with E-state index in [1.54, 1.807) is 0 Å². The van der Waals surface area contributed by atoms with E-state index in [1.165, 1.54) is 11.1 Å². The van der Waals surface area contributed by atoms with Crippen molar-refractivity contribution >= 4 is 11.6 Å². The molecule has 1 aliphatic heterocycles. The Hall–Kier alpha value is -0.730. The largest absolute Gasteiger partial charge is 0.493 e. The van der Waals surface area contributed by atoms with Gasteiger partial charge < -0.3 is 10.1 Å². The van der Waals surface area contributed by atoms with Crippen molar-refractivity contribution in [3.05, 3.63) is 28.3 Å². The first-order chi connectivity index (χ1) is 8.52. The molecule has 0 unspecified atom stereocenters. The summed E-state index contributed by atoms with van der Waals surface area (Å²) >= 11 is 6.17. The minimum Gasteiger partial charge on any atom is -0.493 e. The topological polar surface area (TPSA) is 21.3 Å². The summed E-state index contributed by atoms with van der Waals surface area (Å²) in [6.07, 6.45) is 3.14. The van der Waals surface area contributed by atoms with Crippen LogP contribution in [0.1, 0.15) is 31.4 Å². The number of hydrogen-bond acceptors (Lipinski definition) is 2. The molecule has 0 bridgehead atoms. The molecule has 2 rings (SSSR count). The van der Waals surface area contributed by atoms with E-state index < -0.39 is 0 Å². The van der Waals surface area contributed by atoms with Crippen LogP contribution in [0.25, 0.3) is 0 Å². The number of rotatable bonds is 5. The van der Waals surface area contributed by atoms with Gasteiger partial charge >= 0.3 is 0 Å². The molecule has 1 aromatic rings. The van der Waals surface area contributed by atoms with Gasteiger partial charge in [0, 0.05) is 11.4 Å². The van der Waals surface area contributed by atoms with Crippen molar-refractivity contribution in [3.8, 4) is 5.75 Å². The third-order valence-corrected chi connectivity index (χ3v) is 3.77. The zero-order chi connectivity index (χ0) is 13.2. The lowest BCUT2D eigenvalue weighted by molar-refractivity contribution is 0.318. The van der Waals surface area contributed by atoms with E-state index >= 15 is 0 Å². The zero-order valence-electron chi connectivity index (χ0n) is 11.5. The van der Waals surface area contributed by atoms with Gasteiger partial charge in [0.1, 0.15) is 5.75 Å². The van der Waals surface area contributed by atoms with Crippen LogP contribution in [0.3, 0.4) is 0 Å². The molecule has 2 nitrogen and oxygen atoms in total. The maximum atomic E-state index is 6.17. The first kappa shape index (κ1) is 13.7. The number of halogens is 1. The number of ether oxygens (including phenoxy) is 1. The summed E-state index contributed by atoms with van der Waals surface area (Å²) in [5.41, 5.74) is 2.82. The monoisotopic (exact) mass is 267 g/mol. The van der Waals surface area contributed by atoms with Crippen molar-refractivity contribution in [1.82, 2.24) is 5.32 Å². The summed E-state index contributed by atoms with van der Waals surface area (Å²) in [6.45, 7) is 6.39. The Morgan fingerprint density at radius 3 is 2.89 bits per heavy atom. The van der Waals surface area contributed by atoms with Crippen molar-refractivity contribution in [2.75, 3.05) is 20.2 Å². The smallest absolute Gasteiger partial charge is 0.125 e. The fraction of sp³-hybridized carbons (Fsp3) is 0.600. The second-order valence-electron chi connectivity index (χ2n) is 5.85. The predicted molar refractivity (Wildman–Crippen MR) is 76.7 cm³/mol. The second kappa shape index (κ2) is 5.50. The fourth-order valence-corrected chi connectivity index (χ4v) is 2.84.